The van der Waals surface area contributed by atoms with Gasteiger partial charge in [-0.1, -0.05) is 42.5 Å². The van der Waals surface area contributed by atoms with Gasteiger partial charge in [0.25, 0.3) is 0 Å². The van der Waals surface area contributed by atoms with E-state index in [1.54, 1.807) is 54.6 Å². The molecule has 1 unspecified atom stereocenters. The van der Waals surface area contributed by atoms with Crippen LogP contribution in [0.15, 0.2) is 54.6 Å². The predicted octanol–water partition coefficient (Wildman–Crippen LogP) is 5.34. The van der Waals surface area contributed by atoms with E-state index in [9.17, 15) is 26.7 Å². The van der Waals surface area contributed by atoms with Gasteiger partial charge < -0.3 is 9.47 Å². The van der Waals surface area contributed by atoms with E-state index in [4.69, 9.17) is 9.47 Å². The predicted molar refractivity (Wildman–Crippen MR) is 92.9 cm³/mol. The average molecular weight is 408 g/mol. The van der Waals surface area contributed by atoms with E-state index < -0.39 is 46.7 Å². The second-order valence-corrected chi connectivity index (χ2v) is 5.91. The molecule has 3 aromatic rings. The molecule has 1 atom stereocenters. The molecule has 3 rings (SSSR count). The Hall–Kier alpha value is -3.42. The van der Waals surface area contributed by atoms with Crippen LogP contribution in [-0.4, -0.2) is 13.1 Å². The van der Waals surface area contributed by atoms with E-state index >= 15 is 0 Å². The summed E-state index contributed by atoms with van der Waals surface area (Å²) < 4.78 is 78.3. The van der Waals surface area contributed by atoms with Gasteiger partial charge in [0.1, 0.15) is 11.3 Å². The van der Waals surface area contributed by atoms with Crippen molar-refractivity contribution in [2.45, 2.75) is 6.10 Å². The Balaban J connectivity index is 2.04. The van der Waals surface area contributed by atoms with E-state index in [-0.39, 0.29) is 0 Å². The molecule has 0 aliphatic carbocycles. The molecular weight excluding hydrogens is 395 g/mol. The molecule has 8 heteroatoms. The number of hydrogen-bond acceptors (Lipinski definition) is 3. The number of halogens is 5. The van der Waals surface area contributed by atoms with Gasteiger partial charge in [-0.05, 0) is 23.3 Å². The molecule has 0 aliphatic heterocycles. The maximum Gasteiger partial charge on any atom is 0.345 e. The van der Waals surface area contributed by atoms with Gasteiger partial charge >= 0.3 is 5.97 Å². The number of benzene rings is 3. The summed E-state index contributed by atoms with van der Waals surface area (Å²) in [6, 6.07) is 14.4. The molecule has 3 nitrogen and oxygen atoms in total. The van der Waals surface area contributed by atoms with Crippen molar-refractivity contribution in [3.8, 4) is 5.75 Å². The summed E-state index contributed by atoms with van der Waals surface area (Å²) in [6.07, 6.45) is -1.16. The zero-order valence-corrected chi connectivity index (χ0v) is 14.9. The number of esters is 1. The molecule has 0 N–H and O–H groups in total. The maximum absolute atomic E-state index is 14.0. The van der Waals surface area contributed by atoms with Gasteiger partial charge in [-0.25, -0.2) is 26.7 Å². The molecule has 29 heavy (non-hydrogen) atoms. The van der Waals surface area contributed by atoms with Crippen LogP contribution in [0.25, 0.3) is 0 Å². The monoisotopic (exact) mass is 408 g/mol. The molecule has 0 aromatic heterocycles. The number of ether oxygens (including phenoxy) is 2. The summed E-state index contributed by atoms with van der Waals surface area (Å²) in [7, 11) is 1.45. The molecular formula is C21H13F5O3. The van der Waals surface area contributed by atoms with Gasteiger partial charge in [0.05, 0.1) is 7.11 Å². The Morgan fingerprint density at radius 2 is 1.21 bits per heavy atom. The highest BCUT2D eigenvalue weighted by molar-refractivity contribution is 5.90. The van der Waals surface area contributed by atoms with Crippen molar-refractivity contribution in [1.29, 1.82) is 0 Å². The average Bonchev–Trinajstić information content (AvgIpc) is 2.75. The van der Waals surface area contributed by atoms with Crippen molar-refractivity contribution in [3.05, 3.63) is 100 Å². The highest BCUT2D eigenvalue weighted by Crippen LogP contribution is 2.30. The van der Waals surface area contributed by atoms with Crippen LogP contribution in [0.5, 0.6) is 5.75 Å². The Morgan fingerprint density at radius 1 is 0.724 bits per heavy atom. The highest BCUT2D eigenvalue weighted by atomic mass is 19.2. The van der Waals surface area contributed by atoms with Gasteiger partial charge in [0, 0.05) is 0 Å². The first-order valence-electron chi connectivity index (χ1n) is 8.26. The third-order valence-electron chi connectivity index (χ3n) is 4.16. The van der Waals surface area contributed by atoms with Crippen LogP contribution >= 0.6 is 0 Å². The van der Waals surface area contributed by atoms with Crippen LogP contribution in [0.4, 0.5) is 22.0 Å². The zero-order chi connectivity index (χ0) is 21.1. The lowest BCUT2D eigenvalue weighted by atomic mass is 10.0. The summed E-state index contributed by atoms with van der Waals surface area (Å²) in [5.41, 5.74) is -0.833. The standard InChI is InChI=1S/C21H13F5O3/c1-28-13-9-7-12(8-10-13)20(11-5-3-2-4-6-11)29-21(27)14-15(22)17(24)19(26)18(25)16(14)23/h2-10,20H,1H3. The van der Waals surface area contributed by atoms with Crippen molar-refractivity contribution >= 4 is 5.97 Å². The molecule has 0 heterocycles. The topological polar surface area (TPSA) is 35.5 Å². The lowest BCUT2D eigenvalue weighted by Gasteiger charge is -2.20. The van der Waals surface area contributed by atoms with E-state index in [2.05, 4.69) is 0 Å². The molecule has 0 amide bonds. The van der Waals surface area contributed by atoms with Gasteiger partial charge in [-0.3, -0.25) is 0 Å². The van der Waals surface area contributed by atoms with Crippen LogP contribution in [0.2, 0.25) is 0 Å². The Morgan fingerprint density at radius 3 is 1.72 bits per heavy atom. The summed E-state index contributed by atoms with van der Waals surface area (Å²) >= 11 is 0. The second kappa shape index (κ2) is 8.30. The number of carbonyl (C=O) groups excluding carboxylic acids is 1. The van der Waals surface area contributed by atoms with E-state index in [0.717, 1.165) is 0 Å². The molecule has 0 fully saturated rings. The van der Waals surface area contributed by atoms with Crippen LogP contribution in [0, 0.1) is 29.1 Å². The Bertz CT molecular complexity index is 1010. The molecule has 0 saturated heterocycles. The lowest BCUT2D eigenvalue weighted by Crippen LogP contribution is -2.18. The van der Waals surface area contributed by atoms with Crippen LogP contribution < -0.4 is 4.74 Å². The number of rotatable bonds is 5. The Kier molecular flexibility index (Phi) is 5.81. The Labute approximate surface area is 162 Å². The van der Waals surface area contributed by atoms with E-state index in [1.165, 1.54) is 7.11 Å². The smallest absolute Gasteiger partial charge is 0.345 e. The normalized spacial score (nSPS) is 11.8. The minimum absolute atomic E-state index is 0.397. The van der Waals surface area contributed by atoms with Crippen LogP contribution in [-0.2, 0) is 4.74 Å². The second-order valence-electron chi connectivity index (χ2n) is 5.91. The summed E-state index contributed by atoms with van der Waals surface area (Å²) in [5.74, 6) is -12.5. The fourth-order valence-corrected chi connectivity index (χ4v) is 2.69. The van der Waals surface area contributed by atoms with Crippen LogP contribution in [0.1, 0.15) is 27.6 Å². The van der Waals surface area contributed by atoms with Crippen LogP contribution in [0.3, 0.4) is 0 Å². The maximum atomic E-state index is 14.0. The summed E-state index contributed by atoms with van der Waals surface area (Å²) in [4.78, 5) is 12.4. The minimum atomic E-state index is -2.36. The first-order valence-corrected chi connectivity index (χ1v) is 8.26. The van der Waals surface area contributed by atoms with Crippen molar-refractivity contribution < 1.29 is 36.2 Å². The fourth-order valence-electron chi connectivity index (χ4n) is 2.69. The van der Waals surface area contributed by atoms with Gasteiger partial charge in [0.2, 0.25) is 5.82 Å². The highest BCUT2D eigenvalue weighted by Gasteiger charge is 2.32. The molecule has 0 saturated carbocycles. The van der Waals surface area contributed by atoms with Crippen molar-refractivity contribution in [2.75, 3.05) is 7.11 Å². The first-order chi connectivity index (χ1) is 13.8. The molecule has 0 bridgehead atoms. The SMILES string of the molecule is COc1ccc(C(OC(=O)c2c(F)c(F)c(F)c(F)c2F)c2ccccc2)cc1. The number of methoxy groups -OCH3 is 1. The van der Waals surface area contributed by atoms with Gasteiger partial charge in [0.15, 0.2) is 29.4 Å². The third kappa shape index (κ3) is 3.91. The molecule has 0 spiro atoms. The zero-order valence-electron chi connectivity index (χ0n) is 14.9. The third-order valence-corrected chi connectivity index (χ3v) is 4.16. The molecule has 0 radical (unpaired) electrons. The number of carbonyl (C=O) groups is 1. The van der Waals surface area contributed by atoms with Gasteiger partial charge in [-0.2, -0.15) is 0 Å². The molecule has 150 valence electrons. The van der Waals surface area contributed by atoms with E-state index in [0.29, 0.717) is 16.9 Å². The largest absolute Gasteiger partial charge is 0.497 e. The first kappa shape index (κ1) is 20.3. The van der Waals surface area contributed by atoms with Crippen molar-refractivity contribution in [1.82, 2.24) is 0 Å². The molecule has 0 aliphatic rings. The summed E-state index contributed by atoms with van der Waals surface area (Å²) in [5, 5.41) is 0. The fraction of sp³-hybridized carbons (Fsp3) is 0.0952. The number of hydrogen-bond donors (Lipinski definition) is 0. The van der Waals surface area contributed by atoms with Gasteiger partial charge in [-0.15, -0.1) is 0 Å². The quantitative estimate of drug-likeness (QED) is 0.248. The lowest BCUT2D eigenvalue weighted by molar-refractivity contribution is 0.0363. The molecule has 3 aromatic carbocycles. The van der Waals surface area contributed by atoms with E-state index in [1.807, 2.05) is 0 Å². The van der Waals surface area contributed by atoms with Crippen molar-refractivity contribution in [3.63, 3.8) is 0 Å². The van der Waals surface area contributed by atoms with Crippen molar-refractivity contribution in [2.24, 2.45) is 0 Å². The summed E-state index contributed by atoms with van der Waals surface area (Å²) in [6.45, 7) is 0. The minimum Gasteiger partial charge on any atom is -0.497 e.